The predicted octanol–water partition coefficient (Wildman–Crippen LogP) is 6.17. The van der Waals surface area contributed by atoms with Gasteiger partial charge in [-0.15, -0.1) is 0 Å². The van der Waals surface area contributed by atoms with Crippen LogP contribution < -0.4 is 10.2 Å². The topological polar surface area (TPSA) is 115 Å². The molecule has 5 rings (SSSR count). The molecule has 13 heteroatoms. The first-order valence-corrected chi connectivity index (χ1v) is 13.9. The van der Waals surface area contributed by atoms with Crippen molar-refractivity contribution < 1.29 is 31.9 Å². The van der Waals surface area contributed by atoms with Gasteiger partial charge in [-0.25, -0.2) is 24.6 Å². The maximum Gasteiger partial charge on any atom is 0.433 e. The standard InChI is InChI=1S/C31H29F3N6O4/c1-17(2)22-15-21(35-3)16-23-26(22)44-28(37-23)20-7-5-19(6-8-20)27(41)39-25(29(42)43-4)18-10-13-40(14-11-18)30-36-12-9-24(38-30)31(32,33)34/h5-9,12,15-18,25H,10-11,13-14H2,1-2,4H3,(H,39,41). The molecule has 0 saturated carbocycles. The minimum Gasteiger partial charge on any atom is -0.467 e. The Labute approximate surface area is 251 Å². The second-order valence-electron chi connectivity index (χ2n) is 10.8. The highest BCUT2D eigenvalue weighted by molar-refractivity contribution is 5.97. The van der Waals surface area contributed by atoms with Gasteiger partial charge in [-0.2, -0.15) is 13.2 Å². The summed E-state index contributed by atoms with van der Waals surface area (Å²) in [5.74, 6) is -0.993. The molecular formula is C31H29F3N6O4. The van der Waals surface area contributed by atoms with Gasteiger partial charge in [-0.3, -0.25) is 4.79 Å². The number of carbonyl (C=O) groups excluding carboxylic acids is 2. The smallest absolute Gasteiger partial charge is 0.433 e. The molecule has 1 atom stereocenters. The molecule has 1 aliphatic heterocycles. The van der Waals surface area contributed by atoms with E-state index in [9.17, 15) is 22.8 Å². The van der Waals surface area contributed by atoms with E-state index in [-0.39, 0.29) is 17.8 Å². The molecule has 0 radical (unpaired) electrons. The van der Waals surface area contributed by atoms with Crippen LogP contribution >= 0.6 is 0 Å². The van der Waals surface area contributed by atoms with Gasteiger partial charge in [0.15, 0.2) is 11.3 Å². The van der Waals surface area contributed by atoms with E-state index in [1.54, 1.807) is 41.3 Å². The predicted molar refractivity (Wildman–Crippen MR) is 155 cm³/mol. The lowest BCUT2D eigenvalue weighted by Gasteiger charge is -2.35. The Morgan fingerprint density at radius 2 is 1.82 bits per heavy atom. The molecule has 0 bridgehead atoms. The third kappa shape index (κ3) is 6.34. The van der Waals surface area contributed by atoms with Gasteiger partial charge in [0, 0.05) is 30.4 Å². The quantitative estimate of drug-likeness (QED) is 0.196. The fourth-order valence-electron chi connectivity index (χ4n) is 5.24. The van der Waals surface area contributed by atoms with E-state index in [0.717, 1.165) is 17.8 Å². The Balaban J connectivity index is 1.28. The van der Waals surface area contributed by atoms with E-state index >= 15 is 0 Å². The largest absolute Gasteiger partial charge is 0.467 e. The molecular weight excluding hydrogens is 577 g/mol. The Bertz CT molecular complexity index is 1720. The summed E-state index contributed by atoms with van der Waals surface area (Å²) in [6.45, 7) is 12.0. The van der Waals surface area contributed by atoms with Crippen LogP contribution in [0, 0.1) is 12.5 Å². The third-order valence-electron chi connectivity index (χ3n) is 7.62. The first-order valence-electron chi connectivity index (χ1n) is 13.9. The molecule has 1 saturated heterocycles. The molecule has 10 nitrogen and oxygen atoms in total. The number of hydrogen-bond acceptors (Lipinski definition) is 8. The lowest BCUT2D eigenvalue weighted by atomic mass is 9.89. The van der Waals surface area contributed by atoms with E-state index in [1.807, 2.05) is 13.8 Å². The number of fused-ring (bicyclic) bond motifs is 1. The number of esters is 1. The monoisotopic (exact) mass is 606 g/mol. The summed E-state index contributed by atoms with van der Waals surface area (Å²) in [4.78, 5) is 43.2. The SMILES string of the molecule is [C-]#[N+]c1cc(C(C)C)c2oc(-c3ccc(C(=O)NC(C(=O)OC)C4CCN(c5nccc(C(F)(F)F)n5)CC4)cc3)nc2c1. The lowest BCUT2D eigenvalue weighted by Crippen LogP contribution is -2.50. The van der Waals surface area contributed by atoms with Crippen LogP contribution in [0.3, 0.4) is 0 Å². The van der Waals surface area contributed by atoms with Crippen LogP contribution in [0.5, 0.6) is 0 Å². The van der Waals surface area contributed by atoms with Gasteiger partial charge in [0.25, 0.3) is 5.91 Å². The van der Waals surface area contributed by atoms with Crippen LogP contribution in [-0.4, -0.2) is 53.1 Å². The average molecular weight is 607 g/mol. The van der Waals surface area contributed by atoms with Crippen molar-refractivity contribution in [3.8, 4) is 11.5 Å². The summed E-state index contributed by atoms with van der Waals surface area (Å²) in [7, 11) is 1.23. The summed E-state index contributed by atoms with van der Waals surface area (Å²) in [5, 5.41) is 2.77. The first kappa shape index (κ1) is 30.5. The van der Waals surface area contributed by atoms with E-state index in [2.05, 4.69) is 25.1 Å². The van der Waals surface area contributed by atoms with Crippen LogP contribution in [-0.2, 0) is 15.7 Å². The van der Waals surface area contributed by atoms with Crippen molar-refractivity contribution in [3.63, 3.8) is 0 Å². The zero-order valence-corrected chi connectivity index (χ0v) is 24.2. The molecule has 1 amide bonds. The second kappa shape index (κ2) is 12.3. The number of oxazole rings is 1. The molecule has 4 aromatic rings. The maximum absolute atomic E-state index is 13.2. The van der Waals surface area contributed by atoms with E-state index in [0.29, 0.717) is 59.7 Å². The number of rotatable bonds is 7. The molecule has 1 fully saturated rings. The van der Waals surface area contributed by atoms with Gasteiger partial charge in [0.05, 0.1) is 19.2 Å². The van der Waals surface area contributed by atoms with Crippen molar-refractivity contribution in [1.29, 1.82) is 0 Å². The number of halogens is 3. The van der Waals surface area contributed by atoms with Crippen molar-refractivity contribution in [3.05, 3.63) is 76.9 Å². The van der Waals surface area contributed by atoms with Crippen molar-refractivity contribution >= 4 is 34.6 Å². The van der Waals surface area contributed by atoms with Crippen LogP contribution in [0.1, 0.15) is 54.2 Å². The fourth-order valence-corrected chi connectivity index (χ4v) is 5.24. The highest BCUT2D eigenvalue weighted by atomic mass is 19.4. The minimum atomic E-state index is -4.59. The van der Waals surface area contributed by atoms with E-state index in [4.69, 9.17) is 15.7 Å². The number of aromatic nitrogens is 3. The van der Waals surface area contributed by atoms with Gasteiger partial charge < -0.3 is 19.4 Å². The molecule has 1 N–H and O–H groups in total. The van der Waals surface area contributed by atoms with Crippen LogP contribution in [0.4, 0.5) is 24.8 Å². The Morgan fingerprint density at radius 3 is 2.43 bits per heavy atom. The lowest BCUT2D eigenvalue weighted by molar-refractivity contribution is -0.144. The van der Waals surface area contributed by atoms with Crippen LogP contribution in [0.15, 0.2) is 53.1 Å². The normalized spacial score (nSPS) is 14.8. The number of alkyl halides is 3. The third-order valence-corrected chi connectivity index (χ3v) is 7.62. The Kier molecular flexibility index (Phi) is 8.53. The highest BCUT2D eigenvalue weighted by Crippen LogP contribution is 2.34. The molecule has 2 aromatic carbocycles. The van der Waals surface area contributed by atoms with Crippen molar-refractivity contribution in [2.75, 3.05) is 25.1 Å². The molecule has 0 aliphatic carbocycles. The van der Waals surface area contributed by atoms with E-state index < -0.39 is 29.8 Å². The molecule has 1 unspecified atom stereocenters. The number of hydrogen-bond donors (Lipinski definition) is 1. The number of piperidine rings is 1. The van der Waals surface area contributed by atoms with Crippen molar-refractivity contribution in [2.45, 2.75) is 44.8 Å². The van der Waals surface area contributed by atoms with Gasteiger partial charge in [-0.1, -0.05) is 13.8 Å². The summed E-state index contributed by atoms with van der Waals surface area (Å²) in [6.07, 6.45) is -2.73. The maximum atomic E-state index is 13.2. The average Bonchev–Trinajstić information content (AvgIpc) is 3.46. The zero-order valence-electron chi connectivity index (χ0n) is 24.2. The number of carbonyl (C=O) groups is 2. The van der Waals surface area contributed by atoms with Crippen LogP contribution in [0.2, 0.25) is 0 Å². The molecule has 228 valence electrons. The number of ether oxygens (including phenoxy) is 1. The number of nitrogens with one attached hydrogen (secondary N) is 1. The second-order valence-corrected chi connectivity index (χ2v) is 10.8. The van der Waals surface area contributed by atoms with Crippen molar-refractivity contribution in [2.24, 2.45) is 5.92 Å². The van der Waals surface area contributed by atoms with Crippen molar-refractivity contribution in [1.82, 2.24) is 20.3 Å². The molecule has 44 heavy (non-hydrogen) atoms. The minimum absolute atomic E-state index is 0.0387. The summed E-state index contributed by atoms with van der Waals surface area (Å²) in [5.41, 5.74) is 2.44. The number of nitrogens with zero attached hydrogens (tertiary/aromatic N) is 5. The number of methoxy groups -OCH3 is 1. The molecule has 3 heterocycles. The molecule has 0 spiro atoms. The number of anilines is 1. The number of benzene rings is 2. The van der Waals surface area contributed by atoms with Gasteiger partial charge in [0.2, 0.25) is 11.8 Å². The first-order chi connectivity index (χ1) is 21.0. The number of amides is 1. The summed E-state index contributed by atoms with van der Waals surface area (Å²) >= 11 is 0. The van der Waals surface area contributed by atoms with E-state index in [1.165, 1.54) is 7.11 Å². The fraction of sp³-hybridized carbons (Fsp3) is 0.355. The van der Waals surface area contributed by atoms with Crippen LogP contribution in [0.25, 0.3) is 27.4 Å². The van der Waals surface area contributed by atoms with Gasteiger partial charge in [0.1, 0.15) is 11.7 Å². The summed E-state index contributed by atoms with van der Waals surface area (Å²) in [6, 6.07) is 9.88. The Hall–Kier alpha value is -4.99. The Morgan fingerprint density at radius 1 is 1.11 bits per heavy atom. The summed E-state index contributed by atoms with van der Waals surface area (Å²) < 4.78 is 50.3. The highest BCUT2D eigenvalue weighted by Gasteiger charge is 2.36. The molecule has 2 aromatic heterocycles. The molecule has 1 aliphatic rings. The van der Waals surface area contributed by atoms with Gasteiger partial charge >= 0.3 is 12.1 Å². The zero-order chi connectivity index (χ0) is 31.6. The van der Waals surface area contributed by atoms with Gasteiger partial charge in [-0.05, 0) is 72.7 Å².